The molecule has 6 nitrogen and oxygen atoms in total. The highest BCUT2D eigenvalue weighted by molar-refractivity contribution is 6.32. The van der Waals surface area contributed by atoms with Gasteiger partial charge in [-0.1, -0.05) is 24.6 Å². The maximum atomic E-state index is 9.05. The van der Waals surface area contributed by atoms with Crippen molar-refractivity contribution >= 4 is 17.5 Å². The van der Waals surface area contributed by atoms with Crippen molar-refractivity contribution in [1.82, 2.24) is 14.9 Å². The topological polar surface area (TPSA) is 65.3 Å². The summed E-state index contributed by atoms with van der Waals surface area (Å²) in [5.74, 6) is 1.77. The van der Waals surface area contributed by atoms with E-state index in [0.29, 0.717) is 5.02 Å². The molecule has 7 heteroatoms. The summed E-state index contributed by atoms with van der Waals surface area (Å²) in [4.78, 5) is 13.6. The van der Waals surface area contributed by atoms with Gasteiger partial charge in [-0.15, -0.1) is 0 Å². The Balaban J connectivity index is 1.27. The van der Waals surface area contributed by atoms with Gasteiger partial charge in [0, 0.05) is 50.8 Å². The quantitative estimate of drug-likeness (QED) is 0.661. The Labute approximate surface area is 189 Å². The highest BCUT2D eigenvalue weighted by atomic mass is 35.5. The molecule has 1 aromatic carbocycles. The molecule has 0 bridgehead atoms. The zero-order chi connectivity index (χ0) is 21.6. The van der Waals surface area contributed by atoms with Crippen molar-refractivity contribution in [2.75, 3.05) is 31.1 Å². The van der Waals surface area contributed by atoms with Crippen LogP contribution in [0.5, 0.6) is 5.75 Å². The van der Waals surface area contributed by atoms with E-state index in [1.165, 1.54) is 5.56 Å². The fraction of sp³-hybridized carbons (Fsp3) is 0.542. The van der Waals surface area contributed by atoms with E-state index in [0.717, 1.165) is 82.1 Å². The third-order valence-electron chi connectivity index (χ3n) is 6.29. The largest absolute Gasteiger partial charge is 0.489 e. The number of nitrogens with zero attached hydrogens (tertiary/aromatic N) is 5. The third kappa shape index (κ3) is 5.66. The van der Waals surface area contributed by atoms with Crippen LogP contribution in [0.1, 0.15) is 43.7 Å². The zero-order valence-corrected chi connectivity index (χ0v) is 18.9. The first-order valence-electron chi connectivity index (χ1n) is 11.3. The number of benzene rings is 1. The van der Waals surface area contributed by atoms with E-state index in [9.17, 15) is 0 Å². The second-order valence-corrected chi connectivity index (χ2v) is 8.90. The van der Waals surface area contributed by atoms with Gasteiger partial charge < -0.3 is 9.64 Å². The van der Waals surface area contributed by atoms with Crippen molar-refractivity contribution in [1.29, 1.82) is 5.26 Å². The Morgan fingerprint density at radius 3 is 2.39 bits per heavy atom. The summed E-state index contributed by atoms with van der Waals surface area (Å²) in [5.41, 5.74) is 2.35. The molecular weight excluding hydrogens is 410 g/mol. The van der Waals surface area contributed by atoms with E-state index in [1.54, 1.807) is 0 Å². The molecule has 3 heterocycles. The van der Waals surface area contributed by atoms with Crippen LogP contribution >= 0.6 is 11.6 Å². The summed E-state index contributed by atoms with van der Waals surface area (Å²) >= 11 is 6.55. The van der Waals surface area contributed by atoms with Crippen LogP contribution in [0.3, 0.4) is 0 Å². The Morgan fingerprint density at radius 1 is 1.06 bits per heavy atom. The number of hydrogen-bond donors (Lipinski definition) is 0. The van der Waals surface area contributed by atoms with Gasteiger partial charge in [-0.3, -0.25) is 4.90 Å². The molecule has 0 amide bonds. The number of piperidine rings is 2. The van der Waals surface area contributed by atoms with Gasteiger partial charge in [-0.2, -0.15) is 5.26 Å². The molecule has 2 fully saturated rings. The number of ether oxygens (including phenoxy) is 1. The lowest BCUT2D eigenvalue weighted by molar-refractivity contribution is 0.170. The monoisotopic (exact) mass is 439 g/mol. The van der Waals surface area contributed by atoms with Gasteiger partial charge in [0.05, 0.1) is 11.1 Å². The first-order chi connectivity index (χ1) is 15.1. The summed E-state index contributed by atoms with van der Waals surface area (Å²) in [6.45, 7) is 6.68. The van der Waals surface area contributed by atoms with Crippen LogP contribution in [0.15, 0.2) is 30.6 Å². The Kier molecular flexibility index (Phi) is 7.26. The molecule has 2 aromatic rings. The molecule has 0 saturated carbocycles. The lowest BCUT2D eigenvalue weighted by Crippen LogP contribution is -2.39. The molecule has 0 atom stereocenters. The van der Waals surface area contributed by atoms with Crippen LogP contribution in [-0.4, -0.2) is 47.2 Å². The molecule has 0 aliphatic carbocycles. The summed E-state index contributed by atoms with van der Waals surface area (Å²) in [6.07, 6.45) is 8.69. The molecule has 0 radical (unpaired) electrons. The van der Waals surface area contributed by atoms with Crippen molar-refractivity contribution in [2.45, 2.75) is 51.7 Å². The van der Waals surface area contributed by atoms with Gasteiger partial charge >= 0.3 is 0 Å². The van der Waals surface area contributed by atoms with Gasteiger partial charge in [0.2, 0.25) is 5.95 Å². The predicted octanol–water partition coefficient (Wildman–Crippen LogP) is 4.48. The van der Waals surface area contributed by atoms with E-state index in [1.807, 2.05) is 24.5 Å². The van der Waals surface area contributed by atoms with E-state index in [2.05, 4.69) is 38.8 Å². The maximum absolute atomic E-state index is 9.05. The molecule has 2 aliphatic rings. The molecular formula is C24H30ClN5O. The minimum absolute atomic E-state index is 0.152. The molecule has 2 aliphatic heterocycles. The molecule has 164 valence electrons. The number of likely N-dealkylation sites (tertiary alicyclic amines) is 1. The molecule has 0 spiro atoms. The van der Waals surface area contributed by atoms with Gasteiger partial charge in [0.1, 0.15) is 11.9 Å². The van der Waals surface area contributed by atoms with E-state index in [4.69, 9.17) is 21.6 Å². The number of hydrogen-bond acceptors (Lipinski definition) is 6. The highest BCUT2D eigenvalue weighted by Crippen LogP contribution is 2.30. The molecule has 2 saturated heterocycles. The minimum atomic E-state index is 0.152. The normalized spacial score (nSPS) is 18.7. The van der Waals surface area contributed by atoms with Crippen molar-refractivity contribution in [2.24, 2.45) is 5.92 Å². The Bertz CT molecular complexity index is 897. The van der Waals surface area contributed by atoms with Crippen LogP contribution in [0.2, 0.25) is 5.02 Å². The second kappa shape index (κ2) is 10.3. The van der Waals surface area contributed by atoms with Crippen LogP contribution < -0.4 is 9.64 Å². The van der Waals surface area contributed by atoms with Crippen LogP contribution in [0, 0.1) is 17.2 Å². The van der Waals surface area contributed by atoms with Gasteiger partial charge in [0.15, 0.2) is 0 Å². The zero-order valence-electron chi connectivity index (χ0n) is 18.1. The van der Waals surface area contributed by atoms with Crippen molar-refractivity contribution in [3.8, 4) is 11.8 Å². The van der Waals surface area contributed by atoms with Crippen LogP contribution in [0.4, 0.5) is 5.95 Å². The number of anilines is 1. The van der Waals surface area contributed by atoms with Gasteiger partial charge in [0.25, 0.3) is 0 Å². The molecule has 0 unspecified atom stereocenters. The van der Waals surface area contributed by atoms with Crippen LogP contribution in [-0.2, 0) is 13.0 Å². The average Bonchev–Trinajstić information content (AvgIpc) is 2.82. The molecule has 0 N–H and O–H groups in total. The Hall–Kier alpha value is -2.36. The number of aryl methyl sites for hydroxylation is 1. The fourth-order valence-electron chi connectivity index (χ4n) is 4.26. The van der Waals surface area contributed by atoms with E-state index >= 15 is 0 Å². The first-order valence-corrected chi connectivity index (χ1v) is 11.7. The standard InChI is InChI=1S/C24H30ClN5O/c1-2-18-15-27-24(28-16-18)30-11-7-21(8-12-30)31-23-4-3-20(13-22(23)25)17-29-9-5-19(14-26)6-10-29/h3-4,13,15-16,19,21H,2,5-12,17H2,1H3. The number of aromatic nitrogens is 2. The van der Waals surface area contributed by atoms with Crippen LogP contribution in [0.25, 0.3) is 0 Å². The minimum Gasteiger partial charge on any atom is -0.489 e. The molecule has 1 aromatic heterocycles. The average molecular weight is 440 g/mol. The summed E-state index contributed by atoms with van der Waals surface area (Å²) in [6, 6.07) is 8.51. The predicted molar refractivity (Wildman–Crippen MR) is 122 cm³/mol. The smallest absolute Gasteiger partial charge is 0.225 e. The second-order valence-electron chi connectivity index (χ2n) is 8.49. The lowest BCUT2D eigenvalue weighted by Gasteiger charge is -2.32. The third-order valence-corrected chi connectivity index (χ3v) is 6.59. The highest BCUT2D eigenvalue weighted by Gasteiger charge is 2.23. The van der Waals surface area contributed by atoms with E-state index < -0.39 is 0 Å². The Morgan fingerprint density at radius 2 is 1.77 bits per heavy atom. The summed E-state index contributed by atoms with van der Waals surface area (Å²) in [5, 5.41) is 9.72. The van der Waals surface area contributed by atoms with Crippen molar-refractivity contribution in [3.63, 3.8) is 0 Å². The molecule has 31 heavy (non-hydrogen) atoms. The lowest BCUT2D eigenvalue weighted by atomic mass is 9.98. The number of rotatable bonds is 6. The maximum Gasteiger partial charge on any atom is 0.225 e. The first kappa shape index (κ1) is 21.9. The summed E-state index contributed by atoms with van der Waals surface area (Å²) in [7, 11) is 0. The SMILES string of the molecule is CCc1cnc(N2CCC(Oc3ccc(CN4CCC(C#N)CC4)cc3Cl)CC2)nc1. The number of nitriles is 1. The fourth-order valence-corrected chi connectivity index (χ4v) is 4.51. The molecule has 4 rings (SSSR count). The van der Waals surface area contributed by atoms with E-state index in [-0.39, 0.29) is 12.0 Å². The number of halogens is 1. The van der Waals surface area contributed by atoms with Gasteiger partial charge in [-0.25, -0.2) is 9.97 Å². The van der Waals surface area contributed by atoms with Crippen molar-refractivity contribution in [3.05, 3.63) is 46.7 Å². The van der Waals surface area contributed by atoms with Gasteiger partial charge in [-0.05, 0) is 55.6 Å². The summed E-state index contributed by atoms with van der Waals surface area (Å²) < 4.78 is 6.23. The van der Waals surface area contributed by atoms with Crippen molar-refractivity contribution < 1.29 is 4.74 Å².